The monoisotopic (exact) mass is 414 g/mol. The Morgan fingerprint density at radius 3 is 2.85 bits per heavy atom. The van der Waals surface area contributed by atoms with Crippen LogP contribution in [0.5, 0.6) is 11.5 Å². The minimum atomic E-state index is -0.524. The Labute approximate surface area is 168 Å². The lowest BCUT2D eigenvalue weighted by molar-refractivity contribution is -0.136. The topological polar surface area (TPSA) is 50.8 Å². The molecule has 146 valence electrons. The molecule has 27 heavy (non-hydrogen) atoms. The van der Waals surface area contributed by atoms with E-state index in [-0.39, 0.29) is 36.0 Å². The lowest BCUT2D eigenvalue weighted by atomic mass is 10.0. The standard InChI is InChI=1S/C19H20ClFN2O3.ClH/c1-25-18-5-3-2-4-14(18)17-11-22-8-9-23(17)19(24)12-26-13-6-7-16(21)15(20)10-13;/h2-7,10,17,22H,8-9,11-12H2,1H3;1H. The predicted octanol–water partition coefficient (Wildman–Crippen LogP) is 3.46. The highest BCUT2D eigenvalue weighted by Gasteiger charge is 2.29. The van der Waals surface area contributed by atoms with Crippen molar-refractivity contribution >= 4 is 29.9 Å². The summed E-state index contributed by atoms with van der Waals surface area (Å²) in [4.78, 5) is 14.5. The fourth-order valence-corrected chi connectivity index (χ4v) is 3.19. The number of halogens is 3. The average Bonchev–Trinajstić information content (AvgIpc) is 2.68. The van der Waals surface area contributed by atoms with E-state index in [1.807, 2.05) is 24.3 Å². The Balaban J connectivity index is 0.00000261. The van der Waals surface area contributed by atoms with Crippen molar-refractivity contribution in [1.29, 1.82) is 0 Å². The van der Waals surface area contributed by atoms with E-state index in [2.05, 4.69) is 5.32 Å². The lowest BCUT2D eigenvalue weighted by Gasteiger charge is -2.37. The minimum absolute atomic E-state index is 0. The van der Waals surface area contributed by atoms with E-state index in [1.165, 1.54) is 18.2 Å². The van der Waals surface area contributed by atoms with Crippen LogP contribution in [0.4, 0.5) is 4.39 Å². The van der Waals surface area contributed by atoms with Gasteiger partial charge in [0.1, 0.15) is 17.3 Å². The Morgan fingerprint density at radius 2 is 2.11 bits per heavy atom. The summed E-state index contributed by atoms with van der Waals surface area (Å²) in [5.74, 6) is 0.422. The number of piperazine rings is 1. The molecule has 0 saturated carbocycles. The molecule has 2 aromatic carbocycles. The van der Waals surface area contributed by atoms with Crippen LogP contribution in [0.2, 0.25) is 5.02 Å². The van der Waals surface area contributed by atoms with E-state index in [4.69, 9.17) is 21.1 Å². The molecule has 0 aliphatic carbocycles. The second-order valence-corrected chi connectivity index (χ2v) is 6.32. The number of benzene rings is 2. The van der Waals surface area contributed by atoms with Crippen LogP contribution in [0.25, 0.3) is 0 Å². The summed E-state index contributed by atoms with van der Waals surface area (Å²) in [6.07, 6.45) is 0. The number of amides is 1. The van der Waals surface area contributed by atoms with E-state index < -0.39 is 5.82 Å². The Morgan fingerprint density at radius 1 is 1.33 bits per heavy atom. The number of carbonyl (C=O) groups excluding carboxylic acids is 1. The Hall–Kier alpha value is -2.02. The van der Waals surface area contributed by atoms with Crippen LogP contribution >= 0.6 is 24.0 Å². The van der Waals surface area contributed by atoms with Crippen LogP contribution in [0.3, 0.4) is 0 Å². The van der Waals surface area contributed by atoms with E-state index in [0.717, 1.165) is 11.3 Å². The second kappa shape index (κ2) is 9.78. The zero-order valence-electron chi connectivity index (χ0n) is 14.8. The molecule has 1 N–H and O–H groups in total. The molecule has 1 aliphatic heterocycles. The zero-order chi connectivity index (χ0) is 18.5. The summed E-state index contributed by atoms with van der Waals surface area (Å²) in [5.41, 5.74) is 0.945. The van der Waals surface area contributed by atoms with Crippen molar-refractivity contribution < 1.29 is 18.7 Å². The van der Waals surface area contributed by atoms with Crippen molar-refractivity contribution in [3.63, 3.8) is 0 Å². The van der Waals surface area contributed by atoms with Crippen LogP contribution in [0.1, 0.15) is 11.6 Å². The van der Waals surface area contributed by atoms with Gasteiger partial charge in [-0.2, -0.15) is 0 Å². The molecule has 1 saturated heterocycles. The Kier molecular flexibility index (Phi) is 7.71. The molecule has 3 rings (SSSR count). The first-order chi connectivity index (χ1) is 12.6. The van der Waals surface area contributed by atoms with Crippen molar-refractivity contribution in [2.24, 2.45) is 0 Å². The third-order valence-electron chi connectivity index (χ3n) is 4.32. The maximum atomic E-state index is 13.2. The predicted molar refractivity (Wildman–Crippen MR) is 104 cm³/mol. The molecule has 1 fully saturated rings. The summed E-state index contributed by atoms with van der Waals surface area (Å²) in [5, 5.41) is 3.27. The number of carbonyl (C=O) groups is 1. The third-order valence-corrected chi connectivity index (χ3v) is 4.60. The molecular formula is C19H21Cl2FN2O3. The number of rotatable bonds is 5. The largest absolute Gasteiger partial charge is 0.496 e. The average molecular weight is 415 g/mol. The maximum Gasteiger partial charge on any atom is 0.261 e. The van der Waals surface area contributed by atoms with Crippen LogP contribution in [0.15, 0.2) is 42.5 Å². The van der Waals surface area contributed by atoms with Crippen LogP contribution < -0.4 is 14.8 Å². The first kappa shape index (κ1) is 21.3. The van der Waals surface area contributed by atoms with Gasteiger partial charge in [0.05, 0.1) is 18.2 Å². The van der Waals surface area contributed by atoms with E-state index >= 15 is 0 Å². The summed E-state index contributed by atoms with van der Waals surface area (Å²) in [6.45, 7) is 1.76. The van der Waals surface area contributed by atoms with Gasteiger partial charge in [-0.1, -0.05) is 29.8 Å². The maximum absolute atomic E-state index is 13.2. The first-order valence-corrected chi connectivity index (χ1v) is 8.69. The van der Waals surface area contributed by atoms with Gasteiger partial charge in [-0.15, -0.1) is 12.4 Å². The zero-order valence-corrected chi connectivity index (χ0v) is 16.4. The molecular weight excluding hydrogens is 394 g/mol. The van der Waals surface area contributed by atoms with Crippen LogP contribution in [-0.2, 0) is 4.79 Å². The molecule has 1 unspecified atom stereocenters. The summed E-state index contributed by atoms with van der Waals surface area (Å²) in [6, 6.07) is 11.5. The molecule has 1 atom stereocenters. The van der Waals surface area contributed by atoms with Crippen molar-refractivity contribution in [2.45, 2.75) is 6.04 Å². The van der Waals surface area contributed by atoms with Gasteiger partial charge in [0.25, 0.3) is 5.91 Å². The highest BCUT2D eigenvalue weighted by Crippen LogP contribution is 2.30. The van der Waals surface area contributed by atoms with Gasteiger partial charge in [0.15, 0.2) is 6.61 Å². The van der Waals surface area contributed by atoms with Crippen molar-refractivity contribution in [1.82, 2.24) is 10.2 Å². The number of methoxy groups -OCH3 is 1. The molecule has 0 aromatic heterocycles. The van der Waals surface area contributed by atoms with Crippen LogP contribution in [-0.4, -0.2) is 44.2 Å². The van der Waals surface area contributed by atoms with Gasteiger partial charge in [0, 0.05) is 31.3 Å². The number of nitrogens with zero attached hydrogens (tertiary/aromatic N) is 1. The number of hydrogen-bond donors (Lipinski definition) is 1. The molecule has 1 aliphatic rings. The number of para-hydroxylation sites is 1. The van der Waals surface area contributed by atoms with E-state index in [9.17, 15) is 9.18 Å². The van der Waals surface area contributed by atoms with Gasteiger partial charge in [0.2, 0.25) is 0 Å². The molecule has 5 nitrogen and oxygen atoms in total. The van der Waals surface area contributed by atoms with Crippen molar-refractivity contribution in [3.05, 3.63) is 58.9 Å². The lowest BCUT2D eigenvalue weighted by Crippen LogP contribution is -2.50. The summed E-state index contributed by atoms with van der Waals surface area (Å²) in [7, 11) is 1.61. The quantitative estimate of drug-likeness (QED) is 0.813. The highest BCUT2D eigenvalue weighted by molar-refractivity contribution is 6.30. The summed E-state index contributed by atoms with van der Waals surface area (Å²) >= 11 is 5.74. The van der Waals surface area contributed by atoms with Gasteiger partial charge in [-0.25, -0.2) is 4.39 Å². The highest BCUT2D eigenvalue weighted by atomic mass is 35.5. The van der Waals surface area contributed by atoms with E-state index in [0.29, 0.717) is 25.4 Å². The van der Waals surface area contributed by atoms with Gasteiger partial charge < -0.3 is 19.7 Å². The fraction of sp³-hybridized carbons (Fsp3) is 0.316. The molecule has 1 amide bonds. The smallest absolute Gasteiger partial charge is 0.261 e. The van der Waals surface area contributed by atoms with Crippen molar-refractivity contribution in [2.75, 3.05) is 33.4 Å². The van der Waals surface area contributed by atoms with Gasteiger partial charge in [-0.05, 0) is 18.2 Å². The number of ether oxygens (including phenoxy) is 2. The first-order valence-electron chi connectivity index (χ1n) is 8.31. The second-order valence-electron chi connectivity index (χ2n) is 5.91. The Bertz CT molecular complexity index is 791. The molecule has 2 aromatic rings. The van der Waals surface area contributed by atoms with Crippen LogP contribution in [0, 0.1) is 5.82 Å². The molecule has 0 bridgehead atoms. The minimum Gasteiger partial charge on any atom is -0.496 e. The van der Waals surface area contributed by atoms with Crippen molar-refractivity contribution in [3.8, 4) is 11.5 Å². The van der Waals surface area contributed by atoms with Gasteiger partial charge >= 0.3 is 0 Å². The normalized spacial score (nSPS) is 16.4. The summed E-state index contributed by atoms with van der Waals surface area (Å²) < 4.78 is 24.2. The van der Waals surface area contributed by atoms with E-state index in [1.54, 1.807) is 12.0 Å². The number of hydrogen-bond acceptors (Lipinski definition) is 4. The fourth-order valence-electron chi connectivity index (χ4n) is 3.02. The van der Waals surface area contributed by atoms with Gasteiger partial charge in [-0.3, -0.25) is 4.79 Å². The molecule has 0 radical (unpaired) electrons. The third kappa shape index (κ3) is 5.03. The SMILES string of the molecule is COc1ccccc1C1CNCCN1C(=O)COc1ccc(F)c(Cl)c1.Cl. The number of nitrogens with one attached hydrogen (secondary N) is 1. The molecule has 0 spiro atoms. The molecule has 1 heterocycles. The molecule has 8 heteroatoms.